The number of hydrogen-bond donors (Lipinski definition) is 1. The molecule has 0 atom stereocenters. The van der Waals surface area contributed by atoms with Crippen LogP contribution in [0, 0.1) is 0 Å². The molecule has 0 aromatic carbocycles. The first-order valence-corrected chi connectivity index (χ1v) is 5.86. The van der Waals surface area contributed by atoms with E-state index < -0.39 is 11.2 Å². The maximum atomic E-state index is 12.0. The summed E-state index contributed by atoms with van der Waals surface area (Å²) in [6.07, 6.45) is 2.71. The van der Waals surface area contributed by atoms with Crippen LogP contribution in [0.15, 0.2) is 22.1 Å². The van der Waals surface area contributed by atoms with Gasteiger partial charge in [0.15, 0.2) is 0 Å². The zero-order chi connectivity index (χ0) is 14.2. The molecule has 0 aliphatic heterocycles. The third-order valence-corrected chi connectivity index (χ3v) is 2.79. The highest BCUT2D eigenvalue weighted by Crippen LogP contribution is 2.05. The highest BCUT2D eigenvalue weighted by molar-refractivity contribution is 5.31. The van der Waals surface area contributed by atoms with E-state index in [0.29, 0.717) is 5.82 Å². The summed E-state index contributed by atoms with van der Waals surface area (Å²) in [5, 5.41) is 4.07. The summed E-state index contributed by atoms with van der Waals surface area (Å²) in [6.45, 7) is 3.94. The molecular weight excluding hydrogens is 248 g/mol. The van der Waals surface area contributed by atoms with Crippen molar-refractivity contribution in [2.45, 2.75) is 26.4 Å². The van der Waals surface area contributed by atoms with E-state index in [1.807, 2.05) is 13.8 Å². The molecule has 0 saturated carbocycles. The van der Waals surface area contributed by atoms with E-state index in [2.05, 4.69) is 10.1 Å². The van der Waals surface area contributed by atoms with E-state index in [1.165, 1.54) is 17.1 Å². The Labute approximate surface area is 109 Å². The molecule has 0 bridgehead atoms. The molecule has 2 aromatic rings. The number of rotatable bonds is 3. The number of hydrogen-bond acceptors (Lipinski definition) is 5. The van der Waals surface area contributed by atoms with E-state index in [-0.39, 0.29) is 18.3 Å². The Kier molecular flexibility index (Phi) is 3.24. The Morgan fingerprint density at radius 1 is 1.37 bits per heavy atom. The number of aryl methyl sites for hydroxylation is 1. The second-order valence-corrected chi connectivity index (χ2v) is 4.58. The van der Waals surface area contributed by atoms with Crippen LogP contribution in [-0.4, -0.2) is 23.9 Å². The molecule has 0 unspecified atom stereocenters. The Bertz CT molecular complexity index is 674. The lowest BCUT2D eigenvalue weighted by Crippen LogP contribution is -2.40. The van der Waals surface area contributed by atoms with Gasteiger partial charge in [-0.15, -0.1) is 0 Å². The van der Waals surface area contributed by atoms with Crippen LogP contribution < -0.4 is 17.0 Å². The van der Waals surface area contributed by atoms with Crippen LogP contribution in [-0.2, 0) is 13.6 Å². The van der Waals surface area contributed by atoms with Gasteiger partial charge in [-0.1, -0.05) is 0 Å². The van der Waals surface area contributed by atoms with Gasteiger partial charge in [-0.2, -0.15) is 5.10 Å². The van der Waals surface area contributed by atoms with Crippen molar-refractivity contribution in [1.29, 1.82) is 0 Å². The standard InChI is InChI=1S/C11H16N6O2/c1-7(2)17-9(13-6-14-17)5-16-10(18)8(12)4-15(3)11(16)19/h4,6-7H,5,12H2,1-3H3. The number of nitrogens with two attached hydrogens (primary N) is 1. The molecule has 2 N–H and O–H groups in total. The van der Waals surface area contributed by atoms with Crippen molar-refractivity contribution in [3.63, 3.8) is 0 Å². The summed E-state index contributed by atoms with van der Waals surface area (Å²) >= 11 is 0. The molecule has 2 aromatic heterocycles. The molecule has 8 nitrogen and oxygen atoms in total. The first-order chi connectivity index (χ1) is 8.91. The van der Waals surface area contributed by atoms with Gasteiger partial charge in [0.1, 0.15) is 17.8 Å². The van der Waals surface area contributed by atoms with Crippen molar-refractivity contribution in [3.8, 4) is 0 Å². The third kappa shape index (κ3) is 2.28. The number of aromatic nitrogens is 5. The topological polar surface area (TPSA) is 101 Å². The van der Waals surface area contributed by atoms with Crippen LogP contribution in [0.2, 0.25) is 0 Å². The zero-order valence-electron chi connectivity index (χ0n) is 11.1. The molecule has 0 aliphatic rings. The van der Waals surface area contributed by atoms with Crippen molar-refractivity contribution in [2.75, 3.05) is 5.73 Å². The molecule has 0 aliphatic carbocycles. The van der Waals surface area contributed by atoms with Crippen molar-refractivity contribution in [3.05, 3.63) is 39.2 Å². The van der Waals surface area contributed by atoms with Crippen LogP contribution >= 0.6 is 0 Å². The van der Waals surface area contributed by atoms with Gasteiger partial charge in [0.05, 0.1) is 6.54 Å². The van der Waals surface area contributed by atoms with E-state index >= 15 is 0 Å². The zero-order valence-corrected chi connectivity index (χ0v) is 11.1. The Morgan fingerprint density at radius 3 is 2.68 bits per heavy atom. The molecule has 0 fully saturated rings. The van der Waals surface area contributed by atoms with E-state index in [1.54, 1.807) is 11.7 Å². The Hall–Kier alpha value is -2.38. The largest absolute Gasteiger partial charge is 0.393 e. The first-order valence-electron chi connectivity index (χ1n) is 5.86. The highest BCUT2D eigenvalue weighted by Gasteiger charge is 2.13. The monoisotopic (exact) mass is 264 g/mol. The van der Waals surface area contributed by atoms with Gasteiger partial charge in [-0.25, -0.2) is 14.5 Å². The molecule has 2 heterocycles. The number of nitrogen functional groups attached to an aromatic ring is 1. The molecular formula is C11H16N6O2. The van der Waals surface area contributed by atoms with Crippen LogP contribution in [0.25, 0.3) is 0 Å². The average molecular weight is 264 g/mol. The lowest BCUT2D eigenvalue weighted by atomic mass is 10.4. The minimum absolute atomic E-state index is 0.0257. The predicted molar refractivity (Wildman–Crippen MR) is 69.9 cm³/mol. The van der Waals surface area contributed by atoms with Gasteiger partial charge in [0.2, 0.25) is 0 Å². The summed E-state index contributed by atoms with van der Waals surface area (Å²) < 4.78 is 3.99. The molecule has 2 rings (SSSR count). The second-order valence-electron chi connectivity index (χ2n) is 4.58. The molecule has 19 heavy (non-hydrogen) atoms. The summed E-state index contributed by atoms with van der Waals surface area (Å²) in [4.78, 5) is 28.0. The van der Waals surface area contributed by atoms with Crippen molar-refractivity contribution in [2.24, 2.45) is 7.05 Å². The van der Waals surface area contributed by atoms with Gasteiger partial charge >= 0.3 is 5.69 Å². The summed E-state index contributed by atoms with van der Waals surface area (Å²) in [5.74, 6) is 0.541. The number of anilines is 1. The van der Waals surface area contributed by atoms with Gasteiger partial charge in [0, 0.05) is 19.3 Å². The average Bonchev–Trinajstić information content (AvgIpc) is 2.80. The van der Waals surface area contributed by atoms with Crippen molar-refractivity contribution < 1.29 is 0 Å². The molecule has 0 saturated heterocycles. The van der Waals surface area contributed by atoms with Gasteiger partial charge in [-0.05, 0) is 13.8 Å². The van der Waals surface area contributed by atoms with Crippen molar-refractivity contribution >= 4 is 5.69 Å². The van der Waals surface area contributed by atoms with Gasteiger partial charge < -0.3 is 10.3 Å². The van der Waals surface area contributed by atoms with Crippen molar-refractivity contribution in [1.82, 2.24) is 23.9 Å². The lowest BCUT2D eigenvalue weighted by molar-refractivity contribution is 0.487. The van der Waals surface area contributed by atoms with E-state index in [4.69, 9.17) is 5.73 Å². The normalized spacial score (nSPS) is 11.2. The lowest BCUT2D eigenvalue weighted by Gasteiger charge is -2.11. The predicted octanol–water partition coefficient (Wildman–Crippen LogP) is -0.650. The summed E-state index contributed by atoms with van der Waals surface area (Å²) in [6, 6.07) is 0.0955. The molecule has 0 spiro atoms. The Morgan fingerprint density at radius 2 is 2.05 bits per heavy atom. The Balaban J connectivity index is 2.53. The molecule has 0 radical (unpaired) electrons. The van der Waals surface area contributed by atoms with Crippen LogP contribution in [0.5, 0.6) is 0 Å². The molecule has 8 heteroatoms. The second kappa shape index (κ2) is 4.71. The molecule has 0 amide bonds. The fourth-order valence-corrected chi connectivity index (χ4v) is 1.85. The summed E-state index contributed by atoms with van der Waals surface area (Å²) in [5.41, 5.74) is 4.66. The highest BCUT2D eigenvalue weighted by atomic mass is 16.2. The fourth-order valence-electron chi connectivity index (χ4n) is 1.85. The smallest absolute Gasteiger partial charge is 0.331 e. The van der Waals surface area contributed by atoms with Gasteiger partial charge in [0.25, 0.3) is 5.56 Å². The van der Waals surface area contributed by atoms with E-state index in [0.717, 1.165) is 4.57 Å². The third-order valence-electron chi connectivity index (χ3n) is 2.79. The minimum Gasteiger partial charge on any atom is -0.393 e. The maximum Gasteiger partial charge on any atom is 0.331 e. The quantitative estimate of drug-likeness (QED) is 0.794. The van der Waals surface area contributed by atoms with E-state index in [9.17, 15) is 9.59 Å². The maximum absolute atomic E-state index is 12.0. The van der Waals surface area contributed by atoms with Crippen LogP contribution in [0.3, 0.4) is 0 Å². The molecule has 102 valence electrons. The first kappa shape index (κ1) is 13.1. The van der Waals surface area contributed by atoms with Crippen LogP contribution in [0.1, 0.15) is 25.7 Å². The summed E-state index contributed by atoms with van der Waals surface area (Å²) in [7, 11) is 1.54. The minimum atomic E-state index is -0.513. The fraction of sp³-hybridized carbons (Fsp3) is 0.455. The van der Waals surface area contributed by atoms with Gasteiger partial charge in [-0.3, -0.25) is 9.36 Å². The SMILES string of the molecule is CC(C)n1ncnc1Cn1c(=O)c(N)cn(C)c1=O. The number of nitrogens with zero attached hydrogens (tertiary/aromatic N) is 5. The van der Waals surface area contributed by atoms with Crippen LogP contribution in [0.4, 0.5) is 5.69 Å².